The van der Waals surface area contributed by atoms with Gasteiger partial charge in [0.1, 0.15) is 5.76 Å². The fourth-order valence-electron chi connectivity index (χ4n) is 2.24. The van der Waals surface area contributed by atoms with Crippen molar-refractivity contribution < 1.29 is 14.0 Å². The van der Waals surface area contributed by atoms with Gasteiger partial charge in [0.05, 0.1) is 6.26 Å². The number of benzene rings is 2. The van der Waals surface area contributed by atoms with E-state index in [4.69, 9.17) is 4.42 Å². The van der Waals surface area contributed by atoms with Gasteiger partial charge in [-0.2, -0.15) is 0 Å². The van der Waals surface area contributed by atoms with E-state index in [1.165, 1.54) is 6.26 Å². The van der Waals surface area contributed by atoms with E-state index in [1.807, 2.05) is 12.1 Å². The molecule has 0 unspecified atom stereocenters. The first-order valence-electron chi connectivity index (χ1n) is 7.49. The molecule has 0 saturated carbocycles. The first kappa shape index (κ1) is 15.6. The van der Waals surface area contributed by atoms with E-state index in [9.17, 15) is 9.59 Å². The Kier molecular flexibility index (Phi) is 4.72. The lowest BCUT2D eigenvalue weighted by Gasteiger charge is -2.18. The van der Waals surface area contributed by atoms with Crippen LogP contribution in [0.4, 0.5) is 0 Å². The topological polar surface area (TPSA) is 71.3 Å². The molecule has 0 atom stereocenters. The Balaban J connectivity index is 1.77. The number of rotatable bonds is 5. The molecule has 0 bridgehead atoms. The predicted octanol–water partition coefficient (Wildman–Crippen LogP) is 3.14. The normalized spacial score (nSPS) is 10.4. The van der Waals surface area contributed by atoms with Crippen molar-refractivity contribution in [1.82, 2.24) is 10.6 Å². The van der Waals surface area contributed by atoms with Crippen LogP contribution in [-0.4, -0.2) is 11.8 Å². The zero-order valence-electron chi connectivity index (χ0n) is 12.8. The molecule has 120 valence electrons. The van der Waals surface area contributed by atoms with E-state index in [0.717, 1.165) is 0 Å². The van der Waals surface area contributed by atoms with Crippen LogP contribution in [0.25, 0.3) is 0 Å². The molecule has 2 aromatic carbocycles. The molecule has 1 aromatic heterocycles. The molecule has 2 amide bonds. The van der Waals surface area contributed by atoms with Crippen molar-refractivity contribution in [3.8, 4) is 0 Å². The zero-order valence-corrected chi connectivity index (χ0v) is 12.8. The molecular weight excluding hydrogens is 304 g/mol. The van der Waals surface area contributed by atoms with Crippen molar-refractivity contribution in [2.45, 2.75) is 6.17 Å². The van der Waals surface area contributed by atoms with Crippen molar-refractivity contribution in [1.29, 1.82) is 0 Å². The van der Waals surface area contributed by atoms with Gasteiger partial charge in [-0.05, 0) is 36.4 Å². The van der Waals surface area contributed by atoms with Crippen LogP contribution in [0.5, 0.6) is 0 Å². The van der Waals surface area contributed by atoms with Crippen molar-refractivity contribution in [2.75, 3.05) is 0 Å². The molecule has 0 fully saturated rings. The Labute approximate surface area is 139 Å². The third-order valence-electron chi connectivity index (χ3n) is 3.45. The number of carbonyl (C=O) groups excluding carboxylic acids is 2. The van der Waals surface area contributed by atoms with Gasteiger partial charge < -0.3 is 15.1 Å². The number of nitrogens with one attached hydrogen (secondary N) is 2. The van der Waals surface area contributed by atoms with Gasteiger partial charge in [0.25, 0.3) is 11.8 Å². The molecule has 2 N–H and O–H groups in total. The van der Waals surface area contributed by atoms with Gasteiger partial charge in [-0.15, -0.1) is 0 Å². The summed E-state index contributed by atoms with van der Waals surface area (Å²) in [6.45, 7) is 0. The van der Waals surface area contributed by atoms with E-state index in [-0.39, 0.29) is 11.8 Å². The van der Waals surface area contributed by atoms with Gasteiger partial charge in [-0.1, -0.05) is 36.4 Å². The quantitative estimate of drug-likeness (QED) is 0.710. The van der Waals surface area contributed by atoms with Crippen molar-refractivity contribution >= 4 is 11.8 Å². The molecule has 0 aliphatic rings. The maximum atomic E-state index is 12.4. The Morgan fingerprint density at radius 1 is 0.708 bits per heavy atom. The first-order chi connectivity index (χ1) is 11.7. The van der Waals surface area contributed by atoms with Gasteiger partial charge in [-0.25, -0.2) is 0 Å². The minimum Gasteiger partial charge on any atom is -0.465 e. The fourth-order valence-corrected chi connectivity index (χ4v) is 2.24. The summed E-state index contributed by atoms with van der Waals surface area (Å²) in [5.41, 5.74) is 1.01. The molecule has 5 nitrogen and oxygen atoms in total. The molecule has 0 saturated heterocycles. The standard InChI is InChI=1S/C19H16N2O3/c22-18(14-8-3-1-4-9-14)20-17(16-12-7-13-24-16)21-19(23)15-10-5-2-6-11-15/h1-13,17H,(H,20,22)(H,21,23). The zero-order chi connectivity index (χ0) is 16.8. The second-order valence-electron chi connectivity index (χ2n) is 5.13. The van der Waals surface area contributed by atoms with Crippen LogP contribution in [0, 0.1) is 0 Å². The molecule has 3 rings (SSSR count). The molecule has 3 aromatic rings. The number of amides is 2. The lowest BCUT2D eigenvalue weighted by Crippen LogP contribution is -2.40. The van der Waals surface area contributed by atoms with Crippen LogP contribution in [0.3, 0.4) is 0 Å². The Hall–Kier alpha value is -3.34. The molecule has 0 spiro atoms. The molecular formula is C19H16N2O3. The second kappa shape index (κ2) is 7.28. The summed E-state index contributed by atoms with van der Waals surface area (Å²) in [4.78, 5) is 24.7. The van der Waals surface area contributed by atoms with Crippen LogP contribution in [-0.2, 0) is 0 Å². The Morgan fingerprint density at radius 3 is 1.62 bits per heavy atom. The lowest BCUT2D eigenvalue weighted by atomic mass is 10.2. The van der Waals surface area contributed by atoms with Crippen molar-refractivity contribution in [2.24, 2.45) is 0 Å². The number of furan rings is 1. The van der Waals surface area contributed by atoms with Gasteiger partial charge in [0.15, 0.2) is 6.17 Å². The average molecular weight is 320 g/mol. The summed E-state index contributed by atoms with van der Waals surface area (Å²) in [6, 6.07) is 21.0. The average Bonchev–Trinajstić information content (AvgIpc) is 3.17. The van der Waals surface area contributed by atoms with E-state index < -0.39 is 6.17 Å². The van der Waals surface area contributed by atoms with Crippen molar-refractivity contribution in [3.63, 3.8) is 0 Å². The van der Waals surface area contributed by atoms with Crippen LogP contribution in [0.15, 0.2) is 83.5 Å². The summed E-state index contributed by atoms with van der Waals surface area (Å²) in [7, 11) is 0. The Bertz CT molecular complexity index is 746. The molecule has 5 heteroatoms. The summed E-state index contributed by atoms with van der Waals surface area (Å²) >= 11 is 0. The van der Waals surface area contributed by atoms with Gasteiger partial charge in [-0.3, -0.25) is 9.59 Å². The minimum absolute atomic E-state index is 0.301. The lowest BCUT2D eigenvalue weighted by molar-refractivity contribution is 0.0873. The summed E-state index contributed by atoms with van der Waals surface area (Å²) < 4.78 is 5.34. The third-order valence-corrected chi connectivity index (χ3v) is 3.45. The summed E-state index contributed by atoms with van der Waals surface area (Å²) in [6.07, 6.45) is 0.728. The van der Waals surface area contributed by atoms with E-state index in [2.05, 4.69) is 10.6 Å². The van der Waals surface area contributed by atoms with E-state index in [0.29, 0.717) is 16.9 Å². The number of hydrogen-bond acceptors (Lipinski definition) is 3. The largest absolute Gasteiger partial charge is 0.465 e. The van der Waals surface area contributed by atoms with Crippen LogP contribution < -0.4 is 10.6 Å². The minimum atomic E-state index is -0.764. The molecule has 1 heterocycles. The van der Waals surface area contributed by atoms with Crippen LogP contribution in [0.2, 0.25) is 0 Å². The van der Waals surface area contributed by atoms with Crippen molar-refractivity contribution in [3.05, 3.63) is 95.9 Å². The van der Waals surface area contributed by atoms with Gasteiger partial charge >= 0.3 is 0 Å². The third kappa shape index (κ3) is 3.70. The second-order valence-corrected chi connectivity index (χ2v) is 5.13. The fraction of sp³-hybridized carbons (Fsp3) is 0.0526. The maximum Gasteiger partial charge on any atom is 0.253 e. The molecule has 0 radical (unpaired) electrons. The molecule has 0 aliphatic heterocycles. The highest BCUT2D eigenvalue weighted by molar-refractivity contribution is 5.96. The number of hydrogen-bond donors (Lipinski definition) is 2. The van der Waals surface area contributed by atoms with Gasteiger partial charge in [0, 0.05) is 11.1 Å². The van der Waals surface area contributed by atoms with Gasteiger partial charge in [0.2, 0.25) is 0 Å². The first-order valence-corrected chi connectivity index (χ1v) is 7.49. The summed E-state index contributed by atoms with van der Waals surface area (Å²) in [5.74, 6) is -0.153. The van der Waals surface area contributed by atoms with E-state index in [1.54, 1.807) is 60.7 Å². The summed E-state index contributed by atoms with van der Waals surface area (Å²) in [5, 5.41) is 5.54. The highest BCUT2D eigenvalue weighted by Gasteiger charge is 2.20. The molecule has 24 heavy (non-hydrogen) atoms. The maximum absolute atomic E-state index is 12.4. The van der Waals surface area contributed by atoms with E-state index >= 15 is 0 Å². The monoisotopic (exact) mass is 320 g/mol. The van der Waals surface area contributed by atoms with Crippen LogP contribution in [0.1, 0.15) is 32.6 Å². The molecule has 0 aliphatic carbocycles. The smallest absolute Gasteiger partial charge is 0.253 e. The SMILES string of the molecule is O=C(NC(NC(=O)c1ccccc1)c1ccco1)c1ccccc1. The predicted molar refractivity (Wildman–Crippen MR) is 89.3 cm³/mol. The Morgan fingerprint density at radius 2 is 1.21 bits per heavy atom. The van der Waals surface area contributed by atoms with Crippen LogP contribution >= 0.6 is 0 Å². The number of carbonyl (C=O) groups is 2. The highest BCUT2D eigenvalue weighted by Crippen LogP contribution is 2.13. The highest BCUT2D eigenvalue weighted by atomic mass is 16.3.